The molecule has 0 radical (unpaired) electrons. The molecule has 0 saturated heterocycles. The third-order valence-corrected chi connectivity index (χ3v) is 3.63. The summed E-state index contributed by atoms with van der Waals surface area (Å²) in [4.78, 5) is 23.7. The van der Waals surface area contributed by atoms with Crippen molar-refractivity contribution in [2.45, 2.75) is 20.3 Å². The Kier molecular flexibility index (Phi) is 4.99. The van der Waals surface area contributed by atoms with E-state index in [1.54, 1.807) is 6.92 Å². The highest BCUT2D eigenvalue weighted by atomic mass is 32.1. The van der Waals surface area contributed by atoms with Crippen LogP contribution in [-0.4, -0.2) is 28.1 Å². The minimum Gasteiger partial charge on any atom is -0.451 e. The number of hydrogen-bond donors (Lipinski definition) is 1. The lowest BCUT2D eigenvalue weighted by molar-refractivity contribution is -0.119. The lowest BCUT2D eigenvalue weighted by Gasteiger charge is -2.06. The van der Waals surface area contributed by atoms with Crippen LogP contribution in [0.25, 0.3) is 0 Å². The summed E-state index contributed by atoms with van der Waals surface area (Å²) in [5, 5.41) is 6.38. The molecular weight excluding hydrogens is 290 g/mol. The monoisotopic (exact) mass is 305 g/mol. The van der Waals surface area contributed by atoms with Gasteiger partial charge in [0.2, 0.25) is 0 Å². The SMILES string of the molecule is CCc1ccc(NC(=O)COC(=O)c2snnc2C)cc1. The highest BCUT2D eigenvalue weighted by Gasteiger charge is 2.16. The largest absolute Gasteiger partial charge is 0.451 e. The summed E-state index contributed by atoms with van der Waals surface area (Å²) in [5.41, 5.74) is 2.36. The summed E-state index contributed by atoms with van der Waals surface area (Å²) < 4.78 is 8.57. The van der Waals surface area contributed by atoms with E-state index in [2.05, 4.69) is 21.8 Å². The Labute approximate surface area is 126 Å². The van der Waals surface area contributed by atoms with Gasteiger partial charge in [-0.25, -0.2) is 4.79 Å². The van der Waals surface area contributed by atoms with E-state index in [1.165, 1.54) is 5.56 Å². The Morgan fingerprint density at radius 3 is 2.57 bits per heavy atom. The van der Waals surface area contributed by atoms with Gasteiger partial charge in [0.1, 0.15) is 0 Å². The van der Waals surface area contributed by atoms with Crippen molar-refractivity contribution < 1.29 is 14.3 Å². The molecule has 0 atom stereocenters. The minimum absolute atomic E-state index is 0.315. The van der Waals surface area contributed by atoms with Crippen molar-refractivity contribution in [2.24, 2.45) is 0 Å². The molecule has 2 rings (SSSR count). The molecule has 2 aromatic rings. The van der Waals surface area contributed by atoms with Gasteiger partial charge in [0, 0.05) is 5.69 Å². The van der Waals surface area contributed by atoms with E-state index in [-0.39, 0.29) is 12.5 Å². The quantitative estimate of drug-likeness (QED) is 0.856. The normalized spacial score (nSPS) is 10.2. The molecular formula is C14H15N3O3S. The smallest absolute Gasteiger partial charge is 0.352 e. The summed E-state index contributed by atoms with van der Waals surface area (Å²) in [6.45, 7) is 3.38. The number of nitrogens with zero attached hydrogens (tertiary/aromatic N) is 2. The zero-order chi connectivity index (χ0) is 15.2. The first-order valence-corrected chi connectivity index (χ1v) is 7.22. The van der Waals surface area contributed by atoms with E-state index in [0.29, 0.717) is 16.3 Å². The van der Waals surface area contributed by atoms with Crippen LogP contribution >= 0.6 is 11.5 Å². The molecule has 6 nitrogen and oxygen atoms in total. The van der Waals surface area contributed by atoms with Crippen molar-refractivity contribution in [3.05, 3.63) is 40.4 Å². The summed E-state index contributed by atoms with van der Waals surface area (Å²) >= 11 is 0.950. The van der Waals surface area contributed by atoms with Crippen LogP contribution in [0.1, 0.15) is 27.9 Å². The summed E-state index contributed by atoms with van der Waals surface area (Å²) in [6, 6.07) is 7.51. The van der Waals surface area contributed by atoms with Crippen LogP contribution in [0.4, 0.5) is 5.69 Å². The molecule has 1 amide bonds. The van der Waals surface area contributed by atoms with Crippen LogP contribution in [-0.2, 0) is 16.0 Å². The topological polar surface area (TPSA) is 81.2 Å². The molecule has 0 aliphatic carbocycles. The van der Waals surface area contributed by atoms with Gasteiger partial charge in [-0.05, 0) is 42.6 Å². The number of esters is 1. The molecule has 1 heterocycles. The fourth-order valence-electron chi connectivity index (χ4n) is 1.64. The fraction of sp³-hybridized carbons (Fsp3) is 0.286. The van der Waals surface area contributed by atoms with Gasteiger partial charge in [0.05, 0.1) is 5.69 Å². The number of amides is 1. The molecule has 21 heavy (non-hydrogen) atoms. The first kappa shape index (κ1) is 15.1. The van der Waals surface area contributed by atoms with Gasteiger partial charge in [-0.3, -0.25) is 4.79 Å². The van der Waals surface area contributed by atoms with Crippen molar-refractivity contribution in [1.29, 1.82) is 0 Å². The standard InChI is InChI=1S/C14H15N3O3S/c1-3-10-4-6-11(7-5-10)15-12(18)8-20-14(19)13-9(2)16-17-21-13/h4-7H,3,8H2,1-2H3,(H,15,18). The Balaban J connectivity index is 1.84. The van der Waals surface area contributed by atoms with Gasteiger partial charge in [-0.2, -0.15) is 0 Å². The number of aromatic nitrogens is 2. The highest BCUT2D eigenvalue weighted by Crippen LogP contribution is 2.12. The van der Waals surface area contributed by atoms with E-state index in [0.717, 1.165) is 18.0 Å². The number of rotatable bonds is 5. The van der Waals surface area contributed by atoms with E-state index < -0.39 is 5.97 Å². The predicted octanol–water partition coefficient (Wildman–Crippen LogP) is 2.20. The van der Waals surface area contributed by atoms with Crippen LogP contribution < -0.4 is 5.32 Å². The molecule has 0 bridgehead atoms. The number of carbonyl (C=O) groups excluding carboxylic acids is 2. The van der Waals surface area contributed by atoms with Crippen molar-refractivity contribution >= 4 is 29.1 Å². The first-order chi connectivity index (χ1) is 10.1. The Bertz CT molecular complexity index is 637. The third kappa shape index (κ3) is 4.09. The summed E-state index contributed by atoms with van der Waals surface area (Å²) in [5.74, 6) is -0.971. The van der Waals surface area contributed by atoms with Gasteiger partial charge in [-0.15, -0.1) is 5.10 Å². The predicted molar refractivity (Wildman–Crippen MR) is 79.4 cm³/mol. The first-order valence-electron chi connectivity index (χ1n) is 6.45. The second-order valence-electron chi connectivity index (χ2n) is 4.36. The summed E-state index contributed by atoms with van der Waals surface area (Å²) in [7, 11) is 0. The van der Waals surface area contributed by atoms with Gasteiger partial charge in [0.25, 0.3) is 5.91 Å². The van der Waals surface area contributed by atoms with Crippen LogP contribution in [0, 0.1) is 6.92 Å². The zero-order valence-corrected chi connectivity index (χ0v) is 12.6. The molecule has 1 aromatic heterocycles. The second kappa shape index (κ2) is 6.94. The Morgan fingerprint density at radius 1 is 1.29 bits per heavy atom. The number of aryl methyl sites for hydroxylation is 2. The molecule has 110 valence electrons. The van der Waals surface area contributed by atoms with Crippen molar-refractivity contribution in [3.8, 4) is 0 Å². The van der Waals surface area contributed by atoms with Gasteiger partial charge in [0.15, 0.2) is 11.5 Å². The number of benzene rings is 1. The molecule has 0 saturated carbocycles. The lowest BCUT2D eigenvalue weighted by Crippen LogP contribution is -2.20. The van der Waals surface area contributed by atoms with Crippen molar-refractivity contribution in [1.82, 2.24) is 9.59 Å². The number of anilines is 1. The average Bonchev–Trinajstić information content (AvgIpc) is 2.92. The molecule has 7 heteroatoms. The minimum atomic E-state index is -0.584. The number of hydrogen-bond acceptors (Lipinski definition) is 6. The van der Waals surface area contributed by atoms with Crippen LogP contribution in [0.5, 0.6) is 0 Å². The third-order valence-electron chi connectivity index (χ3n) is 2.82. The van der Waals surface area contributed by atoms with Crippen LogP contribution in [0.2, 0.25) is 0 Å². The number of ether oxygens (including phenoxy) is 1. The van der Waals surface area contributed by atoms with Crippen molar-refractivity contribution in [3.63, 3.8) is 0 Å². The maximum Gasteiger partial charge on any atom is 0.352 e. The van der Waals surface area contributed by atoms with Gasteiger partial charge < -0.3 is 10.1 Å². The molecule has 0 aliphatic rings. The van der Waals surface area contributed by atoms with E-state index >= 15 is 0 Å². The van der Waals surface area contributed by atoms with E-state index in [9.17, 15) is 9.59 Å². The summed E-state index contributed by atoms with van der Waals surface area (Å²) in [6.07, 6.45) is 0.939. The fourth-order valence-corrected chi connectivity index (χ4v) is 2.19. The van der Waals surface area contributed by atoms with Gasteiger partial charge >= 0.3 is 5.97 Å². The molecule has 0 fully saturated rings. The van der Waals surface area contributed by atoms with Crippen LogP contribution in [0.3, 0.4) is 0 Å². The molecule has 1 aromatic carbocycles. The maximum absolute atomic E-state index is 11.7. The Hall–Kier alpha value is -2.28. The van der Waals surface area contributed by atoms with Crippen LogP contribution in [0.15, 0.2) is 24.3 Å². The lowest BCUT2D eigenvalue weighted by atomic mass is 10.1. The van der Waals surface area contributed by atoms with Crippen molar-refractivity contribution in [2.75, 3.05) is 11.9 Å². The zero-order valence-electron chi connectivity index (χ0n) is 11.8. The average molecular weight is 305 g/mol. The Morgan fingerprint density at radius 2 is 2.00 bits per heavy atom. The van der Waals surface area contributed by atoms with E-state index in [1.807, 2.05) is 24.3 Å². The molecule has 1 N–H and O–H groups in total. The molecule has 0 aliphatic heterocycles. The number of nitrogens with one attached hydrogen (secondary N) is 1. The highest BCUT2D eigenvalue weighted by molar-refractivity contribution is 7.07. The second-order valence-corrected chi connectivity index (χ2v) is 5.12. The molecule has 0 unspecified atom stereocenters. The van der Waals surface area contributed by atoms with E-state index in [4.69, 9.17) is 4.74 Å². The maximum atomic E-state index is 11.7. The molecule has 0 spiro atoms. The van der Waals surface area contributed by atoms with Gasteiger partial charge in [-0.1, -0.05) is 23.5 Å². The number of carbonyl (C=O) groups is 2.